The predicted molar refractivity (Wildman–Crippen MR) is 81.4 cm³/mol. The van der Waals surface area contributed by atoms with Gasteiger partial charge in [0.1, 0.15) is 0 Å². The van der Waals surface area contributed by atoms with Gasteiger partial charge in [-0.15, -0.1) is 0 Å². The van der Waals surface area contributed by atoms with Gasteiger partial charge in [-0.3, -0.25) is 0 Å². The van der Waals surface area contributed by atoms with Crippen molar-refractivity contribution in [1.82, 2.24) is 4.98 Å². The third kappa shape index (κ3) is 2.48. The lowest BCUT2D eigenvalue weighted by atomic mass is 10.1. The molecule has 2 heteroatoms. The van der Waals surface area contributed by atoms with E-state index in [0.29, 0.717) is 0 Å². The van der Waals surface area contributed by atoms with Gasteiger partial charge in [-0.05, 0) is 41.8 Å². The van der Waals surface area contributed by atoms with Crippen molar-refractivity contribution in [1.29, 1.82) is 0 Å². The number of hydrogen-bond acceptors (Lipinski definition) is 1. The Morgan fingerprint density at radius 1 is 1.00 bits per heavy atom. The van der Waals surface area contributed by atoms with Gasteiger partial charge in [-0.1, -0.05) is 31.2 Å². The second-order valence-corrected chi connectivity index (χ2v) is 4.76. The monoisotopic (exact) mass is 250 g/mol. The number of rotatable bonds is 4. The van der Waals surface area contributed by atoms with Gasteiger partial charge in [0.05, 0.1) is 0 Å². The molecule has 3 aromatic rings. The fourth-order valence-electron chi connectivity index (χ4n) is 2.44. The summed E-state index contributed by atoms with van der Waals surface area (Å²) in [6, 6.07) is 17.1. The number of aromatic amines is 1. The number of anilines is 1. The largest absolute Gasteiger partial charge is 0.381 e. The summed E-state index contributed by atoms with van der Waals surface area (Å²) in [5.74, 6) is 0. The third-order valence-electron chi connectivity index (χ3n) is 3.54. The summed E-state index contributed by atoms with van der Waals surface area (Å²) < 4.78 is 0. The summed E-state index contributed by atoms with van der Waals surface area (Å²) >= 11 is 0. The topological polar surface area (TPSA) is 27.8 Å². The number of aromatic nitrogens is 1. The molecule has 0 fully saturated rings. The molecule has 19 heavy (non-hydrogen) atoms. The maximum Gasteiger partial charge on any atom is 0.0455 e. The molecule has 0 atom stereocenters. The Morgan fingerprint density at radius 2 is 1.84 bits per heavy atom. The number of H-pyrrole nitrogens is 1. The van der Waals surface area contributed by atoms with Crippen molar-refractivity contribution in [3.63, 3.8) is 0 Å². The highest BCUT2D eigenvalue weighted by Crippen LogP contribution is 2.19. The van der Waals surface area contributed by atoms with Gasteiger partial charge in [0.15, 0.2) is 0 Å². The predicted octanol–water partition coefficient (Wildman–Crippen LogP) is 4.34. The van der Waals surface area contributed by atoms with Crippen LogP contribution in [-0.4, -0.2) is 4.98 Å². The lowest BCUT2D eigenvalue weighted by molar-refractivity contribution is 1.04. The van der Waals surface area contributed by atoms with Crippen LogP contribution >= 0.6 is 0 Å². The van der Waals surface area contributed by atoms with Crippen LogP contribution in [0.5, 0.6) is 0 Å². The van der Waals surface area contributed by atoms with Crippen molar-refractivity contribution in [3.05, 3.63) is 65.9 Å². The number of nitrogens with one attached hydrogen (secondary N) is 2. The zero-order valence-electron chi connectivity index (χ0n) is 11.1. The standard InChI is InChI=1S/C17H18N2/c1-2-13-5-3-4-6-15(13)12-19-16-7-8-17-14(11-16)9-10-18-17/h3-11,18-19H,2,12H2,1H3. The van der Waals surface area contributed by atoms with E-state index in [1.165, 1.54) is 22.0 Å². The van der Waals surface area contributed by atoms with E-state index in [2.05, 4.69) is 65.8 Å². The van der Waals surface area contributed by atoms with E-state index in [1.54, 1.807) is 0 Å². The summed E-state index contributed by atoms with van der Waals surface area (Å²) in [5.41, 5.74) is 5.13. The van der Waals surface area contributed by atoms with E-state index in [4.69, 9.17) is 0 Å². The smallest absolute Gasteiger partial charge is 0.0455 e. The number of aryl methyl sites for hydroxylation is 1. The number of fused-ring (bicyclic) bond motifs is 1. The van der Waals surface area contributed by atoms with E-state index < -0.39 is 0 Å². The Hall–Kier alpha value is -2.22. The van der Waals surface area contributed by atoms with Gasteiger partial charge in [-0.25, -0.2) is 0 Å². The van der Waals surface area contributed by atoms with E-state index >= 15 is 0 Å². The van der Waals surface area contributed by atoms with Gasteiger partial charge in [0.25, 0.3) is 0 Å². The van der Waals surface area contributed by atoms with Gasteiger partial charge in [-0.2, -0.15) is 0 Å². The first-order valence-electron chi connectivity index (χ1n) is 6.74. The molecule has 0 aliphatic heterocycles. The van der Waals surface area contributed by atoms with Crippen LogP contribution in [-0.2, 0) is 13.0 Å². The molecule has 0 aliphatic carbocycles. The molecule has 0 bridgehead atoms. The minimum absolute atomic E-state index is 0.875. The van der Waals surface area contributed by atoms with Gasteiger partial charge < -0.3 is 10.3 Å². The van der Waals surface area contributed by atoms with Crippen LogP contribution in [0.2, 0.25) is 0 Å². The quantitative estimate of drug-likeness (QED) is 0.708. The molecule has 2 aromatic carbocycles. The summed E-state index contributed by atoms with van der Waals surface area (Å²) in [4.78, 5) is 3.21. The molecule has 0 amide bonds. The summed E-state index contributed by atoms with van der Waals surface area (Å²) in [6.45, 7) is 3.07. The Balaban J connectivity index is 1.78. The molecule has 96 valence electrons. The van der Waals surface area contributed by atoms with Crippen LogP contribution in [0.25, 0.3) is 10.9 Å². The van der Waals surface area contributed by atoms with Crippen molar-refractivity contribution >= 4 is 16.6 Å². The second-order valence-electron chi connectivity index (χ2n) is 4.76. The molecular formula is C17H18N2. The van der Waals surface area contributed by atoms with Crippen LogP contribution in [0.1, 0.15) is 18.1 Å². The molecule has 2 nitrogen and oxygen atoms in total. The second kappa shape index (κ2) is 5.19. The van der Waals surface area contributed by atoms with E-state index in [0.717, 1.165) is 18.7 Å². The average molecular weight is 250 g/mol. The molecule has 0 saturated heterocycles. The van der Waals surface area contributed by atoms with Crippen molar-refractivity contribution in [2.45, 2.75) is 19.9 Å². The molecule has 0 saturated carbocycles. The van der Waals surface area contributed by atoms with Crippen molar-refractivity contribution in [2.75, 3.05) is 5.32 Å². The minimum Gasteiger partial charge on any atom is -0.381 e. The lowest BCUT2D eigenvalue weighted by Gasteiger charge is -2.10. The van der Waals surface area contributed by atoms with Crippen LogP contribution in [0.15, 0.2) is 54.7 Å². The molecule has 0 unspecified atom stereocenters. The first-order chi connectivity index (χ1) is 9.36. The SMILES string of the molecule is CCc1ccccc1CNc1ccc2[nH]ccc2c1. The van der Waals surface area contributed by atoms with Crippen LogP contribution in [0.4, 0.5) is 5.69 Å². The maximum absolute atomic E-state index is 3.50. The summed E-state index contributed by atoms with van der Waals surface area (Å²) in [5, 5.41) is 4.75. The van der Waals surface area contributed by atoms with Gasteiger partial charge >= 0.3 is 0 Å². The molecular weight excluding hydrogens is 232 g/mol. The highest BCUT2D eigenvalue weighted by molar-refractivity contribution is 5.82. The Kier molecular flexibility index (Phi) is 3.23. The Morgan fingerprint density at radius 3 is 2.68 bits per heavy atom. The first kappa shape index (κ1) is 11.8. The molecule has 1 aromatic heterocycles. The van der Waals surface area contributed by atoms with Crippen LogP contribution in [0.3, 0.4) is 0 Å². The fraction of sp³-hybridized carbons (Fsp3) is 0.176. The van der Waals surface area contributed by atoms with Crippen LogP contribution in [0, 0.1) is 0 Å². The van der Waals surface area contributed by atoms with E-state index in [-0.39, 0.29) is 0 Å². The van der Waals surface area contributed by atoms with E-state index in [9.17, 15) is 0 Å². The summed E-state index contributed by atoms with van der Waals surface area (Å²) in [6.07, 6.45) is 3.05. The molecule has 2 N–H and O–H groups in total. The fourth-order valence-corrected chi connectivity index (χ4v) is 2.44. The van der Waals surface area contributed by atoms with Crippen molar-refractivity contribution in [2.24, 2.45) is 0 Å². The summed E-state index contributed by atoms with van der Waals surface area (Å²) in [7, 11) is 0. The molecule has 0 aliphatic rings. The zero-order valence-corrected chi connectivity index (χ0v) is 11.1. The lowest BCUT2D eigenvalue weighted by Crippen LogP contribution is -2.02. The van der Waals surface area contributed by atoms with Gasteiger partial charge in [0, 0.05) is 29.3 Å². The number of benzene rings is 2. The maximum atomic E-state index is 3.50. The Labute approximate surface area is 113 Å². The molecule has 3 rings (SSSR count). The molecule has 1 heterocycles. The average Bonchev–Trinajstić information content (AvgIpc) is 2.93. The molecule has 0 spiro atoms. The van der Waals surface area contributed by atoms with Gasteiger partial charge in [0.2, 0.25) is 0 Å². The van der Waals surface area contributed by atoms with Crippen LogP contribution < -0.4 is 5.32 Å². The third-order valence-corrected chi connectivity index (χ3v) is 3.54. The van der Waals surface area contributed by atoms with Crippen molar-refractivity contribution < 1.29 is 0 Å². The molecule has 0 radical (unpaired) electrons. The van der Waals surface area contributed by atoms with E-state index in [1.807, 2.05) is 6.20 Å². The number of hydrogen-bond donors (Lipinski definition) is 2. The first-order valence-corrected chi connectivity index (χ1v) is 6.74. The zero-order chi connectivity index (χ0) is 13.1. The normalized spacial score (nSPS) is 10.8. The highest BCUT2D eigenvalue weighted by Gasteiger charge is 2.00. The Bertz CT molecular complexity index is 682. The highest BCUT2D eigenvalue weighted by atomic mass is 14.9. The van der Waals surface area contributed by atoms with Crippen molar-refractivity contribution in [3.8, 4) is 0 Å². The minimum atomic E-state index is 0.875.